The molecule has 1 saturated heterocycles. The molecule has 2 rings (SSSR count). The molecule has 1 aromatic rings. The van der Waals surface area contributed by atoms with Crippen LogP contribution in [0.1, 0.15) is 25.3 Å². The van der Waals surface area contributed by atoms with Crippen molar-refractivity contribution in [1.29, 1.82) is 0 Å². The van der Waals surface area contributed by atoms with Gasteiger partial charge in [0.15, 0.2) is 5.78 Å². The maximum absolute atomic E-state index is 12.1. The predicted molar refractivity (Wildman–Crippen MR) is 65.8 cm³/mol. The van der Waals surface area contributed by atoms with E-state index in [1.54, 1.807) is 0 Å². The van der Waals surface area contributed by atoms with Gasteiger partial charge in [0, 0.05) is 11.4 Å². The fourth-order valence-electron chi connectivity index (χ4n) is 2.12. The van der Waals surface area contributed by atoms with Gasteiger partial charge in [-0.1, -0.05) is 23.7 Å². The zero-order chi connectivity index (χ0) is 11.6. The van der Waals surface area contributed by atoms with Gasteiger partial charge in [0.1, 0.15) is 0 Å². The van der Waals surface area contributed by atoms with Crippen LogP contribution in [0.25, 0.3) is 0 Å². The Kier molecular flexibility index (Phi) is 3.31. The first kappa shape index (κ1) is 11.6. The summed E-state index contributed by atoms with van der Waals surface area (Å²) in [7, 11) is 0. The largest absolute Gasteiger partial charge is 0.305 e. The predicted octanol–water partition coefficient (Wildman–Crippen LogP) is 2.59. The maximum Gasteiger partial charge on any atom is 0.156 e. The lowest BCUT2D eigenvalue weighted by Crippen LogP contribution is -2.45. The summed E-state index contributed by atoms with van der Waals surface area (Å²) in [5, 5.41) is 4.00. The van der Waals surface area contributed by atoms with E-state index in [2.05, 4.69) is 5.32 Å². The fourth-order valence-corrected chi connectivity index (χ4v) is 2.24. The number of nitrogens with one attached hydrogen (secondary N) is 1. The summed E-state index contributed by atoms with van der Waals surface area (Å²) in [5.74, 6) is 0.271. The van der Waals surface area contributed by atoms with Crippen LogP contribution in [0.3, 0.4) is 0 Å². The van der Waals surface area contributed by atoms with Crippen molar-refractivity contribution in [3.63, 3.8) is 0 Å². The van der Waals surface area contributed by atoms with Crippen LogP contribution >= 0.6 is 11.6 Å². The van der Waals surface area contributed by atoms with Crippen molar-refractivity contribution in [2.24, 2.45) is 0 Å². The monoisotopic (exact) mass is 237 g/mol. The molecule has 0 aliphatic carbocycles. The van der Waals surface area contributed by atoms with Crippen molar-refractivity contribution in [3.8, 4) is 0 Å². The van der Waals surface area contributed by atoms with Crippen LogP contribution in [0, 0.1) is 0 Å². The van der Waals surface area contributed by atoms with E-state index in [1.165, 1.54) is 0 Å². The van der Waals surface area contributed by atoms with Crippen molar-refractivity contribution < 1.29 is 4.79 Å². The van der Waals surface area contributed by atoms with Crippen LogP contribution in [0.5, 0.6) is 0 Å². The van der Waals surface area contributed by atoms with E-state index in [-0.39, 0.29) is 11.3 Å². The summed E-state index contributed by atoms with van der Waals surface area (Å²) >= 11 is 5.81. The molecule has 0 saturated carbocycles. The Morgan fingerprint density at radius 2 is 2.12 bits per heavy atom. The molecule has 1 unspecified atom stereocenters. The zero-order valence-corrected chi connectivity index (χ0v) is 10.2. The summed E-state index contributed by atoms with van der Waals surface area (Å²) in [4.78, 5) is 12.1. The van der Waals surface area contributed by atoms with Crippen LogP contribution < -0.4 is 5.32 Å². The molecule has 0 spiro atoms. The molecule has 1 aliphatic heterocycles. The number of rotatable bonds is 3. The molecule has 3 heteroatoms. The van der Waals surface area contributed by atoms with Gasteiger partial charge in [-0.2, -0.15) is 0 Å². The number of Topliss-reactive ketones (excluding diaryl/α,β-unsaturated/α-hetero) is 1. The minimum atomic E-state index is -0.320. The molecule has 1 fully saturated rings. The zero-order valence-electron chi connectivity index (χ0n) is 9.42. The number of carbonyl (C=O) groups excluding carboxylic acids is 1. The highest BCUT2D eigenvalue weighted by Crippen LogP contribution is 2.21. The number of ketones is 1. The standard InChI is InChI=1S/C13H16ClNO/c1-13(7-2-8-15-13)12(16)9-10-3-5-11(14)6-4-10/h3-6,15H,2,7-9H2,1H3. The minimum Gasteiger partial charge on any atom is -0.305 e. The van der Waals surface area contributed by atoms with Gasteiger partial charge in [-0.15, -0.1) is 0 Å². The molecule has 1 heterocycles. The summed E-state index contributed by atoms with van der Waals surface area (Å²) in [6, 6.07) is 7.49. The maximum atomic E-state index is 12.1. The molecule has 1 aromatic carbocycles. The minimum absolute atomic E-state index is 0.271. The van der Waals surface area contributed by atoms with Gasteiger partial charge in [-0.05, 0) is 44.0 Å². The van der Waals surface area contributed by atoms with E-state index in [9.17, 15) is 4.79 Å². The van der Waals surface area contributed by atoms with Crippen molar-refractivity contribution in [1.82, 2.24) is 5.32 Å². The summed E-state index contributed by atoms with van der Waals surface area (Å²) < 4.78 is 0. The second-order valence-corrected chi connectivity index (χ2v) is 5.03. The molecule has 86 valence electrons. The molecule has 1 atom stereocenters. The second kappa shape index (κ2) is 4.56. The van der Waals surface area contributed by atoms with Gasteiger partial charge in [-0.25, -0.2) is 0 Å². The van der Waals surface area contributed by atoms with Gasteiger partial charge in [0.25, 0.3) is 0 Å². The van der Waals surface area contributed by atoms with Crippen LogP contribution in [-0.2, 0) is 11.2 Å². The van der Waals surface area contributed by atoms with Crippen LogP contribution in [0.2, 0.25) is 5.02 Å². The lowest BCUT2D eigenvalue weighted by molar-refractivity contribution is -0.123. The quantitative estimate of drug-likeness (QED) is 0.876. The highest BCUT2D eigenvalue weighted by Gasteiger charge is 2.35. The first-order chi connectivity index (χ1) is 7.60. The van der Waals surface area contributed by atoms with E-state index in [4.69, 9.17) is 11.6 Å². The van der Waals surface area contributed by atoms with E-state index in [0.29, 0.717) is 11.4 Å². The van der Waals surface area contributed by atoms with Gasteiger partial charge >= 0.3 is 0 Å². The average Bonchev–Trinajstić information content (AvgIpc) is 2.70. The lowest BCUT2D eigenvalue weighted by atomic mass is 9.90. The van der Waals surface area contributed by atoms with E-state index in [0.717, 1.165) is 24.9 Å². The van der Waals surface area contributed by atoms with Crippen molar-refractivity contribution in [2.45, 2.75) is 31.7 Å². The number of benzene rings is 1. The summed E-state index contributed by atoms with van der Waals surface area (Å²) in [5.41, 5.74) is 0.712. The van der Waals surface area contributed by atoms with Crippen LogP contribution in [0.15, 0.2) is 24.3 Å². The van der Waals surface area contributed by atoms with Crippen LogP contribution in [0.4, 0.5) is 0 Å². The Morgan fingerprint density at radius 1 is 1.44 bits per heavy atom. The highest BCUT2D eigenvalue weighted by molar-refractivity contribution is 6.30. The first-order valence-electron chi connectivity index (χ1n) is 5.63. The van der Waals surface area contributed by atoms with E-state index in [1.807, 2.05) is 31.2 Å². The molecule has 16 heavy (non-hydrogen) atoms. The summed E-state index contributed by atoms with van der Waals surface area (Å²) in [6.07, 6.45) is 2.52. The molecule has 1 N–H and O–H groups in total. The SMILES string of the molecule is CC1(C(=O)Cc2ccc(Cl)cc2)CCCN1. The van der Waals surface area contributed by atoms with Crippen molar-refractivity contribution in [3.05, 3.63) is 34.9 Å². The second-order valence-electron chi connectivity index (χ2n) is 4.59. The third-order valence-electron chi connectivity index (χ3n) is 3.26. The van der Waals surface area contributed by atoms with E-state index < -0.39 is 0 Å². The Morgan fingerprint density at radius 3 is 2.69 bits per heavy atom. The average molecular weight is 238 g/mol. The molecular formula is C13H16ClNO. The third kappa shape index (κ3) is 2.45. The molecule has 0 radical (unpaired) electrons. The van der Waals surface area contributed by atoms with Crippen molar-refractivity contribution in [2.75, 3.05) is 6.54 Å². The topological polar surface area (TPSA) is 29.1 Å². The normalized spacial score (nSPS) is 24.6. The van der Waals surface area contributed by atoms with E-state index >= 15 is 0 Å². The number of hydrogen-bond donors (Lipinski definition) is 1. The number of carbonyl (C=O) groups is 1. The van der Waals surface area contributed by atoms with Gasteiger partial charge in [0.05, 0.1) is 5.54 Å². The lowest BCUT2D eigenvalue weighted by Gasteiger charge is -2.22. The van der Waals surface area contributed by atoms with Gasteiger partial charge in [-0.3, -0.25) is 4.79 Å². The van der Waals surface area contributed by atoms with Crippen LogP contribution in [-0.4, -0.2) is 17.9 Å². The fraction of sp³-hybridized carbons (Fsp3) is 0.462. The van der Waals surface area contributed by atoms with Gasteiger partial charge in [0.2, 0.25) is 0 Å². The smallest absolute Gasteiger partial charge is 0.156 e. The Bertz CT molecular complexity index is 379. The highest BCUT2D eigenvalue weighted by atomic mass is 35.5. The Balaban J connectivity index is 2.04. The first-order valence-corrected chi connectivity index (χ1v) is 6.01. The number of hydrogen-bond acceptors (Lipinski definition) is 2. The summed E-state index contributed by atoms with van der Waals surface area (Å²) in [6.45, 7) is 2.95. The third-order valence-corrected chi connectivity index (χ3v) is 3.51. The number of halogens is 1. The molecule has 0 aromatic heterocycles. The molecule has 0 bridgehead atoms. The Hall–Kier alpha value is -0.860. The molecule has 1 aliphatic rings. The van der Waals surface area contributed by atoms with Crippen molar-refractivity contribution >= 4 is 17.4 Å². The molecular weight excluding hydrogens is 222 g/mol. The molecule has 0 amide bonds. The Labute approximate surface area is 101 Å². The molecule has 2 nitrogen and oxygen atoms in total. The van der Waals surface area contributed by atoms with Gasteiger partial charge < -0.3 is 5.32 Å².